The molecule has 14 heavy (non-hydrogen) atoms. The van der Waals surface area contributed by atoms with Crippen molar-refractivity contribution in [2.24, 2.45) is 5.41 Å². The van der Waals surface area contributed by atoms with Gasteiger partial charge in [-0.1, -0.05) is 19.9 Å². The molecule has 2 rings (SSSR count). The molecule has 1 atom stereocenters. The van der Waals surface area contributed by atoms with Gasteiger partial charge in [0.2, 0.25) is 0 Å². The maximum absolute atomic E-state index is 6.01. The van der Waals surface area contributed by atoms with Crippen LogP contribution in [-0.2, 0) is 4.74 Å². The van der Waals surface area contributed by atoms with Crippen LogP contribution in [0.4, 0.5) is 0 Å². The molecule has 0 aromatic rings. The highest BCUT2D eigenvalue weighted by Gasteiger charge is 2.44. The first kappa shape index (κ1) is 9.82. The van der Waals surface area contributed by atoms with E-state index < -0.39 is 0 Å². The largest absolute Gasteiger partial charge is 0.488 e. The van der Waals surface area contributed by atoms with Gasteiger partial charge in [-0.2, -0.15) is 0 Å². The predicted molar refractivity (Wildman–Crippen MR) is 59.0 cm³/mol. The van der Waals surface area contributed by atoms with Crippen molar-refractivity contribution < 1.29 is 4.74 Å². The monoisotopic (exact) mass is 192 g/mol. The van der Waals surface area contributed by atoms with Gasteiger partial charge in [0, 0.05) is 0 Å². The van der Waals surface area contributed by atoms with E-state index in [4.69, 9.17) is 4.74 Å². The predicted octanol–water partition coefficient (Wildman–Crippen LogP) is 3.82. The molecule has 0 bridgehead atoms. The molecule has 1 aliphatic heterocycles. The lowest BCUT2D eigenvalue weighted by molar-refractivity contribution is 0.00203. The molecule has 0 saturated heterocycles. The highest BCUT2D eigenvalue weighted by atomic mass is 16.5. The zero-order chi connectivity index (χ0) is 10.4. The van der Waals surface area contributed by atoms with Crippen molar-refractivity contribution in [2.75, 3.05) is 0 Å². The number of rotatable bonds is 0. The maximum atomic E-state index is 6.01. The Balaban J connectivity index is 2.42. The van der Waals surface area contributed by atoms with Crippen LogP contribution in [0, 0.1) is 5.41 Å². The van der Waals surface area contributed by atoms with E-state index >= 15 is 0 Å². The second-order valence-electron chi connectivity index (χ2n) is 5.43. The van der Waals surface area contributed by atoms with E-state index in [0.29, 0.717) is 5.41 Å². The van der Waals surface area contributed by atoms with Crippen LogP contribution in [0.5, 0.6) is 0 Å². The van der Waals surface area contributed by atoms with Crippen molar-refractivity contribution in [1.82, 2.24) is 0 Å². The summed E-state index contributed by atoms with van der Waals surface area (Å²) in [6.07, 6.45) is 8.09. The molecular formula is C13H20O. The van der Waals surface area contributed by atoms with Gasteiger partial charge in [-0.15, -0.1) is 0 Å². The first-order valence-electron chi connectivity index (χ1n) is 5.53. The van der Waals surface area contributed by atoms with Gasteiger partial charge in [-0.05, 0) is 50.2 Å². The molecule has 1 heterocycles. The van der Waals surface area contributed by atoms with Crippen molar-refractivity contribution in [1.29, 1.82) is 0 Å². The maximum Gasteiger partial charge on any atom is 0.128 e. The summed E-state index contributed by atoms with van der Waals surface area (Å²) in [5.74, 6) is 1.05. The third-order valence-corrected chi connectivity index (χ3v) is 3.63. The van der Waals surface area contributed by atoms with Gasteiger partial charge >= 0.3 is 0 Å². The fraction of sp³-hybridized carbons (Fsp3) is 0.692. The Bertz CT molecular complexity index is 309. The first-order chi connectivity index (χ1) is 6.44. The van der Waals surface area contributed by atoms with Crippen LogP contribution in [0.2, 0.25) is 0 Å². The summed E-state index contributed by atoms with van der Waals surface area (Å²) in [5.41, 5.74) is 1.76. The average Bonchev–Trinajstić information content (AvgIpc) is 2.00. The molecule has 1 fully saturated rings. The molecule has 0 aromatic carbocycles. The smallest absolute Gasteiger partial charge is 0.128 e. The van der Waals surface area contributed by atoms with E-state index in [2.05, 4.69) is 32.9 Å². The van der Waals surface area contributed by atoms with Gasteiger partial charge in [-0.25, -0.2) is 0 Å². The van der Waals surface area contributed by atoms with Crippen molar-refractivity contribution in [2.45, 2.75) is 52.6 Å². The normalized spacial score (nSPS) is 35.1. The summed E-state index contributed by atoms with van der Waals surface area (Å²) in [5, 5.41) is 0. The molecule has 1 aliphatic carbocycles. The average molecular weight is 192 g/mol. The molecule has 0 spiro atoms. The summed E-state index contributed by atoms with van der Waals surface area (Å²) in [7, 11) is 0. The minimum atomic E-state index is -0.0272. The van der Waals surface area contributed by atoms with Crippen molar-refractivity contribution in [3.05, 3.63) is 23.5 Å². The minimum Gasteiger partial charge on any atom is -0.488 e. The van der Waals surface area contributed by atoms with Crippen molar-refractivity contribution in [3.8, 4) is 0 Å². The topological polar surface area (TPSA) is 9.23 Å². The lowest BCUT2D eigenvalue weighted by Gasteiger charge is -2.47. The number of hydrogen-bond acceptors (Lipinski definition) is 1. The summed E-state index contributed by atoms with van der Waals surface area (Å²) in [6.45, 7) is 8.93. The Morgan fingerprint density at radius 2 is 1.86 bits per heavy atom. The van der Waals surface area contributed by atoms with Crippen molar-refractivity contribution >= 4 is 0 Å². The summed E-state index contributed by atoms with van der Waals surface area (Å²) >= 11 is 0. The molecule has 78 valence electrons. The molecule has 0 unspecified atom stereocenters. The van der Waals surface area contributed by atoms with Crippen LogP contribution in [0.3, 0.4) is 0 Å². The van der Waals surface area contributed by atoms with Gasteiger partial charge in [-0.3, -0.25) is 0 Å². The molecule has 0 N–H and O–H groups in total. The number of allylic oxidation sites excluding steroid dienone is 3. The first-order valence-corrected chi connectivity index (χ1v) is 5.53. The SMILES string of the molecule is CC1=CC=C2C(C)(C)CCC[C@@]2(C)O1. The fourth-order valence-corrected chi connectivity index (χ4v) is 2.95. The molecule has 1 heteroatoms. The summed E-state index contributed by atoms with van der Waals surface area (Å²) < 4.78 is 6.01. The van der Waals surface area contributed by atoms with Crippen LogP contribution >= 0.6 is 0 Å². The van der Waals surface area contributed by atoms with E-state index in [9.17, 15) is 0 Å². The third-order valence-electron chi connectivity index (χ3n) is 3.63. The van der Waals surface area contributed by atoms with Crippen LogP contribution in [0.25, 0.3) is 0 Å². The summed E-state index contributed by atoms with van der Waals surface area (Å²) in [6, 6.07) is 0. The van der Waals surface area contributed by atoms with Crippen LogP contribution < -0.4 is 0 Å². The minimum absolute atomic E-state index is 0.0272. The van der Waals surface area contributed by atoms with E-state index in [1.807, 2.05) is 6.92 Å². The Labute approximate surface area is 86.8 Å². The third kappa shape index (κ3) is 1.39. The van der Waals surface area contributed by atoms with Gasteiger partial charge in [0.1, 0.15) is 5.60 Å². The van der Waals surface area contributed by atoms with Gasteiger partial charge in [0.15, 0.2) is 0 Å². The standard InChI is InChI=1S/C13H20O/c1-10-6-7-11-12(2,3)8-5-9-13(11,4)14-10/h6-7H,5,8-9H2,1-4H3/t13-/m1/s1. The van der Waals surface area contributed by atoms with Crippen LogP contribution in [0.1, 0.15) is 47.0 Å². The highest BCUT2D eigenvalue weighted by molar-refractivity contribution is 5.33. The zero-order valence-corrected chi connectivity index (χ0v) is 9.68. The molecule has 1 nitrogen and oxygen atoms in total. The Morgan fingerprint density at radius 3 is 2.57 bits per heavy atom. The fourth-order valence-electron chi connectivity index (χ4n) is 2.95. The van der Waals surface area contributed by atoms with Gasteiger partial charge in [0.25, 0.3) is 0 Å². The van der Waals surface area contributed by atoms with E-state index in [-0.39, 0.29) is 5.60 Å². The van der Waals surface area contributed by atoms with Crippen molar-refractivity contribution in [3.63, 3.8) is 0 Å². The quantitative estimate of drug-likeness (QED) is 0.567. The second kappa shape index (κ2) is 2.88. The molecule has 2 aliphatic rings. The molecule has 0 radical (unpaired) electrons. The van der Waals surface area contributed by atoms with E-state index in [0.717, 1.165) is 12.2 Å². The van der Waals surface area contributed by atoms with Gasteiger partial charge < -0.3 is 4.74 Å². The Hall–Kier alpha value is -0.720. The lowest BCUT2D eigenvalue weighted by Crippen LogP contribution is -2.42. The summed E-state index contributed by atoms with van der Waals surface area (Å²) in [4.78, 5) is 0. The number of fused-ring (bicyclic) bond motifs is 1. The van der Waals surface area contributed by atoms with E-state index in [1.54, 1.807) is 0 Å². The lowest BCUT2D eigenvalue weighted by atomic mass is 9.65. The molecule has 0 aromatic heterocycles. The van der Waals surface area contributed by atoms with Crippen LogP contribution in [-0.4, -0.2) is 5.60 Å². The van der Waals surface area contributed by atoms with Crippen LogP contribution in [0.15, 0.2) is 23.5 Å². The van der Waals surface area contributed by atoms with Gasteiger partial charge in [0.05, 0.1) is 5.76 Å². The second-order valence-corrected chi connectivity index (χ2v) is 5.43. The zero-order valence-electron chi connectivity index (χ0n) is 9.68. The van der Waals surface area contributed by atoms with E-state index in [1.165, 1.54) is 18.4 Å². The molecule has 0 amide bonds. The molecular weight excluding hydrogens is 172 g/mol. The number of ether oxygens (including phenoxy) is 1. The molecule has 1 saturated carbocycles. The highest BCUT2D eigenvalue weighted by Crippen LogP contribution is 2.49. The number of hydrogen-bond donors (Lipinski definition) is 0. The Morgan fingerprint density at radius 1 is 1.14 bits per heavy atom. The Kier molecular flexibility index (Phi) is 2.02.